The topological polar surface area (TPSA) is 52.6 Å². The molecular weight excluding hydrogens is 216 g/mol. The molecule has 4 heteroatoms. The van der Waals surface area contributed by atoms with E-state index < -0.39 is 0 Å². The number of nitrogens with one attached hydrogen (secondary N) is 1. The smallest absolute Gasteiger partial charge is 0.322 e. The number of carbonyl (C=O) groups is 1. The molecule has 1 atom stereocenters. The molecule has 1 heterocycles. The number of phenols is 1. The Kier molecular flexibility index (Phi) is 3.52. The number of urea groups is 1. The maximum Gasteiger partial charge on any atom is 0.322 e. The molecule has 2 rings (SSSR count). The standard InChI is InChI=1S/C13H18N2O2/c1-10-5-2-3-8-15(10)13(17)14-11-6-4-7-12(16)9-11/h4,6-7,9-10,16H,2-3,5,8H2,1H3,(H,14,17). The van der Waals surface area contributed by atoms with Gasteiger partial charge in [-0.3, -0.25) is 0 Å². The molecule has 0 bridgehead atoms. The highest BCUT2D eigenvalue weighted by Gasteiger charge is 2.22. The average Bonchev–Trinajstić information content (AvgIpc) is 2.29. The van der Waals surface area contributed by atoms with E-state index in [1.807, 2.05) is 4.90 Å². The number of carbonyl (C=O) groups excluding carboxylic acids is 1. The molecule has 1 unspecified atom stereocenters. The fourth-order valence-corrected chi connectivity index (χ4v) is 2.18. The SMILES string of the molecule is CC1CCCCN1C(=O)Nc1cccc(O)c1. The van der Waals surface area contributed by atoms with Gasteiger partial charge in [-0.05, 0) is 38.3 Å². The van der Waals surface area contributed by atoms with Gasteiger partial charge < -0.3 is 15.3 Å². The Hall–Kier alpha value is -1.71. The van der Waals surface area contributed by atoms with Crippen LogP contribution < -0.4 is 5.32 Å². The molecule has 4 nitrogen and oxygen atoms in total. The van der Waals surface area contributed by atoms with Crippen molar-refractivity contribution in [3.8, 4) is 5.75 Å². The Balaban J connectivity index is 2.01. The Bertz CT molecular complexity index is 406. The van der Waals surface area contributed by atoms with Crippen LogP contribution in [-0.4, -0.2) is 28.6 Å². The van der Waals surface area contributed by atoms with Crippen molar-refractivity contribution in [3.63, 3.8) is 0 Å². The van der Waals surface area contributed by atoms with Crippen molar-refractivity contribution in [2.24, 2.45) is 0 Å². The summed E-state index contributed by atoms with van der Waals surface area (Å²) >= 11 is 0. The van der Waals surface area contributed by atoms with E-state index in [1.54, 1.807) is 24.3 Å². The van der Waals surface area contributed by atoms with Crippen molar-refractivity contribution in [2.45, 2.75) is 32.2 Å². The van der Waals surface area contributed by atoms with Crippen LogP contribution in [0.2, 0.25) is 0 Å². The number of nitrogens with zero attached hydrogens (tertiary/aromatic N) is 1. The summed E-state index contributed by atoms with van der Waals surface area (Å²) in [4.78, 5) is 13.9. The molecule has 0 radical (unpaired) electrons. The van der Waals surface area contributed by atoms with Gasteiger partial charge in [0, 0.05) is 24.3 Å². The van der Waals surface area contributed by atoms with Crippen LogP contribution >= 0.6 is 0 Å². The van der Waals surface area contributed by atoms with Gasteiger partial charge in [0.05, 0.1) is 0 Å². The largest absolute Gasteiger partial charge is 0.508 e. The molecule has 2 N–H and O–H groups in total. The Morgan fingerprint density at radius 3 is 3.00 bits per heavy atom. The first-order valence-electron chi connectivity index (χ1n) is 6.03. The van der Waals surface area contributed by atoms with E-state index in [0.29, 0.717) is 11.7 Å². The zero-order valence-electron chi connectivity index (χ0n) is 10.0. The van der Waals surface area contributed by atoms with Crippen LogP contribution in [-0.2, 0) is 0 Å². The molecule has 0 spiro atoms. The summed E-state index contributed by atoms with van der Waals surface area (Å²) < 4.78 is 0. The van der Waals surface area contributed by atoms with Gasteiger partial charge in [-0.15, -0.1) is 0 Å². The third-order valence-corrected chi connectivity index (χ3v) is 3.16. The summed E-state index contributed by atoms with van der Waals surface area (Å²) in [5.41, 5.74) is 0.632. The molecule has 17 heavy (non-hydrogen) atoms. The molecule has 1 saturated heterocycles. The maximum atomic E-state index is 12.0. The van der Waals surface area contributed by atoms with Crippen LogP contribution in [0.25, 0.3) is 0 Å². The highest BCUT2D eigenvalue weighted by molar-refractivity contribution is 5.89. The number of piperidine rings is 1. The number of likely N-dealkylation sites (tertiary alicyclic amines) is 1. The third kappa shape index (κ3) is 2.90. The first-order chi connectivity index (χ1) is 8.16. The predicted octanol–water partition coefficient (Wildman–Crippen LogP) is 2.80. The molecular formula is C13H18N2O2. The maximum absolute atomic E-state index is 12.0. The fourth-order valence-electron chi connectivity index (χ4n) is 2.18. The minimum absolute atomic E-state index is 0.0807. The van der Waals surface area contributed by atoms with Gasteiger partial charge >= 0.3 is 6.03 Å². The van der Waals surface area contributed by atoms with Crippen LogP contribution in [0.5, 0.6) is 5.75 Å². The van der Waals surface area contributed by atoms with E-state index in [0.717, 1.165) is 19.4 Å². The van der Waals surface area contributed by atoms with E-state index in [4.69, 9.17) is 0 Å². The second-order valence-electron chi connectivity index (χ2n) is 4.52. The minimum atomic E-state index is -0.0807. The summed E-state index contributed by atoms with van der Waals surface area (Å²) in [7, 11) is 0. The van der Waals surface area contributed by atoms with Crippen LogP contribution in [0.3, 0.4) is 0 Å². The Labute approximate surface area is 101 Å². The molecule has 1 fully saturated rings. The number of hydrogen-bond donors (Lipinski definition) is 2. The zero-order chi connectivity index (χ0) is 12.3. The monoisotopic (exact) mass is 234 g/mol. The van der Waals surface area contributed by atoms with Crippen molar-refractivity contribution in [1.82, 2.24) is 4.90 Å². The summed E-state index contributed by atoms with van der Waals surface area (Å²) in [5.74, 6) is 0.162. The molecule has 0 saturated carbocycles. The van der Waals surface area contributed by atoms with Gasteiger partial charge in [-0.1, -0.05) is 6.07 Å². The second kappa shape index (κ2) is 5.08. The molecule has 1 aliphatic rings. The molecule has 1 aliphatic heterocycles. The quantitative estimate of drug-likeness (QED) is 0.785. The molecule has 0 aliphatic carbocycles. The third-order valence-electron chi connectivity index (χ3n) is 3.16. The highest BCUT2D eigenvalue weighted by atomic mass is 16.3. The summed E-state index contributed by atoms with van der Waals surface area (Å²) in [5, 5.41) is 12.1. The average molecular weight is 234 g/mol. The van der Waals surface area contributed by atoms with Crippen molar-refractivity contribution >= 4 is 11.7 Å². The molecule has 0 aromatic heterocycles. The normalized spacial score (nSPS) is 20.1. The lowest BCUT2D eigenvalue weighted by atomic mass is 10.0. The van der Waals surface area contributed by atoms with Crippen molar-refractivity contribution in [2.75, 3.05) is 11.9 Å². The number of amides is 2. The lowest BCUT2D eigenvalue weighted by Crippen LogP contribution is -2.44. The lowest BCUT2D eigenvalue weighted by Gasteiger charge is -2.33. The van der Waals surface area contributed by atoms with Gasteiger partial charge in [0.15, 0.2) is 0 Å². The van der Waals surface area contributed by atoms with E-state index in [2.05, 4.69) is 12.2 Å². The van der Waals surface area contributed by atoms with E-state index in [1.165, 1.54) is 6.42 Å². The molecule has 92 valence electrons. The number of hydrogen-bond acceptors (Lipinski definition) is 2. The predicted molar refractivity (Wildman–Crippen MR) is 67.1 cm³/mol. The van der Waals surface area contributed by atoms with Crippen molar-refractivity contribution in [1.29, 1.82) is 0 Å². The van der Waals surface area contributed by atoms with Gasteiger partial charge in [0.2, 0.25) is 0 Å². The summed E-state index contributed by atoms with van der Waals surface area (Å²) in [6.45, 7) is 2.88. The number of benzene rings is 1. The molecule has 1 aromatic rings. The van der Waals surface area contributed by atoms with Crippen molar-refractivity contribution in [3.05, 3.63) is 24.3 Å². The minimum Gasteiger partial charge on any atom is -0.508 e. The van der Waals surface area contributed by atoms with E-state index >= 15 is 0 Å². The Morgan fingerprint density at radius 2 is 2.29 bits per heavy atom. The number of aromatic hydroxyl groups is 1. The van der Waals surface area contributed by atoms with Crippen LogP contribution in [0.15, 0.2) is 24.3 Å². The van der Waals surface area contributed by atoms with Crippen LogP contribution in [0.1, 0.15) is 26.2 Å². The zero-order valence-corrected chi connectivity index (χ0v) is 10.0. The second-order valence-corrected chi connectivity index (χ2v) is 4.52. The Morgan fingerprint density at radius 1 is 1.47 bits per heavy atom. The van der Waals surface area contributed by atoms with Gasteiger partial charge in [0.1, 0.15) is 5.75 Å². The fraction of sp³-hybridized carbons (Fsp3) is 0.462. The number of rotatable bonds is 1. The number of anilines is 1. The van der Waals surface area contributed by atoms with Gasteiger partial charge in [-0.2, -0.15) is 0 Å². The van der Waals surface area contributed by atoms with E-state index in [-0.39, 0.29) is 11.8 Å². The van der Waals surface area contributed by atoms with Gasteiger partial charge in [0.25, 0.3) is 0 Å². The first-order valence-corrected chi connectivity index (χ1v) is 6.03. The highest BCUT2D eigenvalue weighted by Crippen LogP contribution is 2.19. The molecule has 2 amide bonds. The lowest BCUT2D eigenvalue weighted by molar-refractivity contribution is 0.170. The van der Waals surface area contributed by atoms with Crippen LogP contribution in [0.4, 0.5) is 10.5 Å². The van der Waals surface area contributed by atoms with E-state index in [9.17, 15) is 9.90 Å². The first kappa shape index (κ1) is 11.8. The summed E-state index contributed by atoms with van der Waals surface area (Å²) in [6, 6.07) is 6.83. The molecule has 1 aromatic carbocycles. The van der Waals surface area contributed by atoms with Gasteiger partial charge in [-0.25, -0.2) is 4.79 Å². The number of phenolic OH excluding ortho intramolecular Hbond substituents is 1. The summed E-state index contributed by atoms with van der Waals surface area (Å²) in [6.07, 6.45) is 3.32. The van der Waals surface area contributed by atoms with Crippen LogP contribution in [0, 0.1) is 0 Å². The van der Waals surface area contributed by atoms with Crippen molar-refractivity contribution < 1.29 is 9.90 Å².